The number of carbonyl (C=O) groups excluding carboxylic acids is 1. The smallest absolute Gasteiger partial charge is 0.410 e. The Morgan fingerprint density at radius 2 is 2.12 bits per heavy atom. The summed E-state index contributed by atoms with van der Waals surface area (Å²) in [4.78, 5) is 13.1. The number of aliphatic hydroxyl groups is 1. The highest BCUT2D eigenvalue weighted by Gasteiger charge is 2.40. The number of hydrogen-bond acceptors (Lipinski definition) is 3. The lowest BCUT2D eigenvalue weighted by Crippen LogP contribution is -2.34. The number of benzene rings is 1. The molecule has 4 heteroatoms. The van der Waals surface area contributed by atoms with Crippen molar-refractivity contribution in [2.75, 3.05) is 13.2 Å². The second-order valence-corrected chi connectivity index (χ2v) is 4.32. The highest BCUT2D eigenvalue weighted by atomic mass is 16.6. The van der Waals surface area contributed by atoms with E-state index in [0.29, 0.717) is 13.1 Å². The number of ether oxygens (including phenoxy) is 1. The summed E-state index contributed by atoms with van der Waals surface area (Å²) >= 11 is 0. The van der Waals surface area contributed by atoms with Crippen LogP contribution in [-0.4, -0.2) is 34.9 Å². The lowest BCUT2D eigenvalue weighted by atomic mass is 10.1. The standard InChI is InChI=1S/C12H15NO3/c1-12(9-14)8-13(11(15)16-12)7-10-5-3-2-4-6-10/h2-6,14H,7-9H2,1H3. The molecular formula is C12H15NO3. The SMILES string of the molecule is CC1(CO)CN(Cc2ccccc2)C(=O)O1. The fourth-order valence-corrected chi connectivity index (χ4v) is 1.78. The fourth-order valence-electron chi connectivity index (χ4n) is 1.78. The Balaban J connectivity index is 2.05. The molecule has 0 radical (unpaired) electrons. The second kappa shape index (κ2) is 4.14. The van der Waals surface area contributed by atoms with Crippen LogP contribution in [0.4, 0.5) is 4.79 Å². The summed E-state index contributed by atoms with van der Waals surface area (Å²) in [5.74, 6) is 0. The van der Waals surface area contributed by atoms with E-state index in [9.17, 15) is 4.79 Å². The number of hydrogen-bond donors (Lipinski definition) is 1. The van der Waals surface area contributed by atoms with Gasteiger partial charge in [0.15, 0.2) is 5.60 Å². The molecule has 1 aliphatic rings. The molecule has 1 atom stereocenters. The molecule has 4 nitrogen and oxygen atoms in total. The van der Waals surface area contributed by atoms with Gasteiger partial charge in [-0.1, -0.05) is 30.3 Å². The summed E-state index contributed by atoms with van der Waals surface area (Å²) in [7, 11) is 0. The lowest BCUT2D eigenvalue weighted by molar-refractivity contribution is 0.0219. The lowest BCUT2D eigenvalue weighted by Gasteiger charge is -2.18. The zero-order valence-corrected chi connectivity index (χ0v) is 9.22. The Labute approximate surface area is 94.4 Å². The topological polar surface area (TPSA) is 49.8 Å². The van der Waals surface area contributed by atoms with Gasteiger partial charge in [-0.15, -0.1) is 0 Å². The molecule has 1 unspecified atom stereocenters. The molecule has 1 aromatic carbocycles. The molecule has 0 aliphatic carbocycles. The fraction of sp³-hybridized carbons (Fsp3) is 0.417. The predicted molar refractivity (Wildman–Crippen MR) is 58.8 cm³/mol. The Morgan fingerprint density at radius 1 is 1.44 bits per heavy atom. The van der Waals surface area contributed by atoms with E-state index in [1.165, 1.54) is 0 Å². The normalized spacial score (nSPS) is 24.6. The average Bonchev–Trinajstić information content (AvgIpc) is 2.57. The summed E-state index contributed by atoms with van der Waals surface area (Å²) in [6.07, 6.45) is -0.361. The van der Waals surface area contributed by atoms with Crippen molar-refractivity contribution in [3.63, 3.8) is 0 Å². The number of amides is 1. The van der Waals surface area contributed by atoms with Gasteiger partial charge in [-0.2, -0.15) is 0 Å². The van der Waals surface area contributed by atoms with Gasteiger partial charge in [-0.3, -0.25) is 4.90 Å². The van der Waals surface area contributed by atoms with Gasteiger partial charge in [0, 0.05) is 6.54 Å². The maximum atomic E-state index is 11.5. The van der Waals surface area contributed by atoms with Crippen LogP contribution in [0, 0.1) is 0 Å². The largest absolute Gasteiger partial charge is 0.439 e. The van der Waals surface area contributed by atoms with Crippen LogP contribution in [0.15, 0.2) is 30.3 Å². The molecule has 1 aliphatic heterocycles. The third-order valence-electron chi connectivity index (χ3n) is 2.67. The summed E-state index contributed by atoms with van der Waals surface area (Å²) in [6.45, 7) is 2.53. The van der Waals surface area contributed by atoms with Crippen LogP contribution < -0.4 is 0 Å². The molecule has 0 spiro atoms. The van der Waals surface area contributed by atoms with Crippen molar-refractivity contribution in [1.29, 1.82) is 0 Å². The molecule has 0 bridgehead atoms. The third kappa shape index (κ3) is 2.17. The maximum absolute atomic E-state index is 11.5. The van der Waals surface area contributed by atoms with Crippen LogP contribution in [0.3, 0.4) is 0 Å². The Kier molecular flexibility index (Phi) is 2.83. The Morgan fingerprint density at radius 3 is 2.69 bits per heavy atom. The molecule has 1 saturated heterocycles. The zero-order chi connectivity index (χ0) is 11.6. The minimum absolute atomic E-state index is 0.149. The minimum Gasteiger partial charge on any atom is -0.439 e. The summed E-state index contributed by atoms with van der Waals surface area (Å²) < 4.78 is 5.12. The van der Waals surface area contributed by atoms with Gasteiger partial charge in [0.25, 0.3) is 0 Å². The first-order valence-corrected chi connectivity index (χ1v) is 5.26. The summed E-state index contributed by atoms with van der Waals surface area (Å²) in [6, 6.07) is 9.72. The van der Waals surface area contributed by atoms with Gasteiger partial charge in [0.2, 0.25) is 0 Å². The van der Waals surface area contributed by atoms with Gasteiger partial charge >= 0.3 is 6.09 Å². The van der Waals surface area contributed by atoms with Crippen molar-refractivity contribution >= 4 is 6.09 Å². The molecule has 2 rings (SSSR count). The van der Waals surface area contributed by atoms with Gasteiger partial charge < -0.3 is 9.84 Å². The van der Waals surface area contributed by atoms with Crippen LogP contribution in [0.5, 0.6) is 0 Å². The molecule has 1 aromatic rings. The van der Waals surface area contributed by atoms with Crippen LogP contribution in [-0.2, 0) is 11.3 Å². The van der Waals surface area contributed by atoms with Crippen LogP contribution in [0.1, 0.15) is 12.5 Å². The van der Waals surface area contributed by atoms with Crippen molar-refractivity contribution < 1.29 is 14.6 Å². The molecule has 86 valence electrons. The van der Waals surface area contributed by atoms with Crippen molar-refractivity contribution in [2.45, 2.75) is 19.1 Å². The Bertz CT molecular complexity index is 379. The van der Waals surface area contributed by atoms with E-state index in [4.69, 9.17) is 9.84 Å². The third-order valence-corrected chi connectivity index (χ3v) is 2.67. The Hall–Kier alpha value is -1.55. The molecule has 1 fully saturated rings. The maximum Gasteiger partial charge on any atom is 0.410 e. The van der Waals surface area contributed by atoms with Crippen LogP contribution in [0.25, 0.3) is 0 Å². The van der Waals surface area contributed by atoms with Crippen molar-refractivity contribution in [2.24, 2.45) is 0 Å². The van der Waals surface area contributed by atoms with E-state index in [0.717, 1.165) is 5.56 Å². The molecule has 0 saturated carbocycles. The minimum atomic E-state index is -0.758. The number of cyclic esters (lactones) is 1. The first kappa shape index (κ1) is 11.0. The molecule has 1 heterocycles. The number of carbonyl (C=O) groups is 1. The molecule has 1 N–H and O–H groups in total. The van der Waals surface area contributed by atoms with Crippen LogP contribution >= 0.6 is 0 Å². The highest BCUT2D eigenvalue weighted by Crippen LogP contribution is 2.23. The summed E-state index contributed by atoms with van der Waals surface area (Å²) in [5.41, 5.74) is 0.299. The molecule has 0 aromatic heterocycles. The number of rotatable bonds is 3. The quantitative estimate of drug-likeness (QED) is 0.839. The second-order valence-electron chi connectivity index (χ2n) is 4.32. The number of nitrogens with zero attached hydrogens (tertiary/aromatic N) is 1. The van der Waals surface area contributed by atoms with E-state index in [2.05, 4.69) is 0 Å². The number of aliphatic hydroxyl groups excluding tert-OH is 1. The van der Waals surface area contributed by atoms with Gasteiger partial charge in [-0.25, -0.2) is 4.79 Å². The zero-order valence-electron chi connectivity index (χ0n) is 9.22. The first-order chi connectivity index (χ1) is 7.63. The van der Waals surface area contributed by atoms with E-state index in [1.807, 2.05) is 30.3 Å². The molecule has 16 heavy (non-hydrogen) atoms. The first-order valence-electron chi connectivity index (χ1n) is 5.26. The van der Waals surface area contributed by atoms with Gasteiger partial charge in [0.05, 0.1) is 13.2 Å². The van der Waals surface area contributed by atoms with Crippen molar-refractivity contribution in [3.05, 3.63) is 35.9 Å². The van der Waals surface area contributed by atoms with Crippen molar-refractivity contribution in [1.82, 2.24) is 4.90 Å². The average molecular weight is 221 g/mol. The van der Waals surface area contributed by atoms with Gasteiger partial charge in [-0.05, 0) is 12.5 Å². The molecule has 1 amide bonds. The monoisotopic (exact) mass is 221 g/mol. The van der Waals surface area contributed by atoms with E-state index >= 15 is 0 Å². The van der Waals surface area contributed by atoms with E-state index in [1.54, 1.807) is 11.8 Å². The summed E-state index contributed by atoms with van der Waals surface area (Å²) in [5, 5.41) is 9.12. The van der Waals surface area contributed by atoms with E-state index < -0.39 is 5.60 Å². The van der Waals surface area contributed by atoms with Crippen molar-refractivity contribution in [3.8, 4) is 0 Å². The molecular weight excluding hydrogens is 206 g/mol. The highest BCUT2D eigenvalue weighted by molar-refractivity contribution is 5.70. The van der Waals surface area contributed by atoms with Crippen LogP contribution in [0.2, 0.25) is 0 Å². The predicted octanol–water partition coefficient (Wildman–Crippen LogP) is 1.39. The van der Waals surface area contributed by atoms with Gasteiger partial charge in [0.1, 0.15) is 0 Å². The van der Waals surface area contributed by atoms with E-state index in [-0.39, 0.29) is 12.7 Å².